The van der Waals surface area contributed by atoms with Crippen molar-refractivity contribution in [3.8, 4) is 0 Å². The van der Waals surface area contributed by atoms with E-state index in [1.165, 1.54) is 4.68 Å². The van der Waals surface area contributed by atoms with E-state index in [9.17, 15) is 18.0 Å². The number of halogens is 3. The highest BCUT2D eigenvalue weighted by atomic mass is 19.4. The van der Waals surface area contributed by atoms with Gasteiger partial charge in [-0.25, -0.2) is 4.79 Å². The maximum atomic E-state index is 12.8. The standard InChI is InChI=1S/C15H23F3N4O/c1-2-3-7-19-14(23)20-8-4-9-22-12(11-5-6-11)10-13(21-22)15(16,17)18/h10-11H,2-9H2,1H3,(H2,19,20,23). The molecule has 0 saturated heterocycles. The Bertz CT molecular complexity index is 523. The van der Waals surface area contributed by atoms with Crippen LogP contribution >= 0.6 is 0 Å². The maximum absolute atomic E-state index is 12.8. The summed E-state index contributed by atoms with van der Waals surface area (Å²) in [4.78, 5) is 11.5. The average Bonchev–Trinajstić information content (AvgIpc) is 3.22. The quantitative estimate of drug-likeness (QED) is 0.718. The summed E-state index contributed by atoms with van der Waals surface area (Å²) in [6, 6.07) is 0.917. The predicted molar refractivity (Wildman–Crippen MR) is 80.1 cm³/mol. The lowest BCUT2D eigenvalue weighted by Gasteiger charge is -2.09. The molecule has 8 heteroatoms. The van der Waals surface area contributed by atoms with Crippen LogP contribution in [-0.4, -0.2) is 28.9 Å². The van der Waals surface area contributed by atoms with E-state index >= 15 is 0 Å². The third-order valence-corrected chi connectivity index (χ3v) is 3.75. The maximum Gasteiger partial charge on any atom is 0.435 e. The minimum Gasteiger partial charge on any atom is -0.338 e. The number of hydrogen-bond donors (Lipinski definition) is 2. The molecule has 2 rings (SSSR count). The van der Waals surface area contributed by atoms with Crippen LogP contribution < -0.4 is 10.6 Å². The molecule has 0 bridgehead atoms. The van der Waals surface area contributed by atoms with Gasteiger partial charge in [0.05, 0.1) is 0 Å². The van der Waals surface area contributed by atoms with E-state index in [0.717, 1.165) is 31.7 Å². The average molecular weight is 332 g/mol. The molecule has 1 aromatic heterocycles. The summed E-state index contributed by atoms with van der Waals surface area (Å²) in [6.45, 7) is 3.44. The van der Waals surface area contributed by atoms with Gasteiger partial charge in [0.2, 0.25) is 0 Å². The van der Waals surface area contributed by atoms with Crippen molar-refractivity contribution in [2.45, 2.75) is 57.7 Å². The monoisotopic (exact) mass is 332 g/mol. The van der Waals surface area contributed by atoms with E-state index in [2.05, 4.69) is 15.7 Å². The third kappa shape index (κ3) is 5.44. The lowest BCUT2D eigenvalue weighted by molar-refractivity contribution is -0.141. The Morgan fingerprint density at radius 1 is 1.30 bits per heavy atom. The van der Waals surface area contributed by atoms with Crippen LogP contribution in [0.4, 0.5) is 18.0 Å². The number of alkyl halides is 3. The summed E-state index contributed by atoms with van der Waals surface area (Å²) in [5.41, 5.74) is -0.172. The van der Waals surface area contributed by atoms with Crippen LogP contribution in [0.25, 0.3) is 0 Å². The second-order valence-corrected chi connectivity index (χ2v) is 5.84. The fourth-order valence-corrected chi connectivity index (χ4v) is 2.33. The van der Waals surface area contributed by atoms with Crippen molar-refractivity contribution in [2.24, 2.45) is 0 Å². The fraction of sp³-hybridized carbons (Fsp3) is 0.733. The molecule has 2 N–H and O–H groups in total. The van der Waals surface area contributed by atoms with E-state index in [0.29, 0.717) is 31.7 Å². The third-order valence-electron chi connectivity index (χ3n) is 3.75. The molecule has 1 saturated carbocycles. The van der Waals surface area contributed by atoms with E-state index < -0.39 is 11.9 Å². The Balaban J connectivity index is 1.79. The van der Waals surface area contributed by atoms with Gasteiger partial charge in [-0.15, -0.1) is 0 Å². The molecule has 0 radical (unpaired) electrons. The van der Waals surface area contributed by atoms with Gasteiger partial charge in [0.25, 0.3) is 0 Å². The number of carbonyl (C=O) groups is 1. The van der Waals surface area contributed by atoms with E-state index in [1.54, 1.807) is 0 Å². The van der Waals surface area contributed by atoms with Crippen LogP contribution in [0.3, 0.4) is 0 Å². The van der Waals surface area contributed by atoms with Gasteiger partial charge in [-0.1, -0.05) is 13.3 Å². The number of hydrogen-bond acceptors (Lipinski definition) is 2. The van der Waals surface area contributed by atoms with Crippen molar-refractivity contribution in [1.82, 2.24) is 20.4 Å². The summed E-state index contributed by atoms with van der Waals surface area (Å²) < 4.78 is 39.7. The zero-order valence-electron chi connectivity index (χ0n) is 13.2. The van der Waals surface area contributed by atoms with Gasteiger partial charge in [0, 0.05) is 31.2 Å². The summed E-state index contributed by atoms with van der Waals surface area (Å²) in [7, 11) is 0. The highest BCUT2D eigenvalue weighted by Gasteiger charge is 2.37. The first-order valence-corrected chi connectivity index (χ1v) is 8.08. The number of aryl methyl sites for hydroxylation is 1. The lowest BCUT2D eigenvalue weighted by atomic mass is 10.2. The van der Waals surface area contributed by atoms with E-state index in [4.69, 9.17) is 0 Å². The Morgan fingerprint density at radius 2 is 1.96 bits per heavy atom. The zero-order chi connectivity index (χ0) is 16.9. The lowest BCUT2D eigenvalue weighted by Crippen LogP contribution is -2.36. The minimum absolute atomic E-state index is 0.198. The first-order chi connectivity index (χ1) is 10.9. The number of aromatic nitrogens is 2. The molecule has 0 spiro atoms. The molecule has 1 heterocycles. The number of nitrogens with zero attached hydrogens (tertiary/aromatic N) is 2. The number of rotatable bonds is 8. The molecule has 1 fully saturated rings. The van der Waals surface area contributed by atoms with Crippen LogP contribution in [-0.2, 0) is 12.7 Å². The summed E-state index contributed by atoms with van der Waals surface area (Å²) >= 11 is 0. The van der Waals surface area contributed by atoms with Gasteiger partial charge >= 0.3 is 12.2 Å². The Hall–Kier alpha value is -1.73. The number of carbonyl (C=O) groups excluding carboxylic acids is 1. The first-order valence-electron chi connectivity index (χ1n) is 8.08. The normalized spacial score (nSPS) is 14.8. The van der Waals surface area contributed by atoms with Gasteiger partial charge in [-0.2, -0.15) is 18.3 Å². The van der Waals surface area contributed by atoms with Crippen molar-refractivity contribution in [3.63, 3.8) is 0 Å². The van der Waals surface area contributed by atoms with Crippen LogP contribution in [0.1, 0.15) is 56.3 Å². The second kappa shape index (κ2) is 7.70. The van der Waals surface area contributed by atoms with Crippen LogP contribution in [0.15, 0.2) is 6.07 Å². The minimum atomic E-state index is -4.41. The molecular formula is C15H23F3N4O. The predicted octanol–water partition coefficient (Wildman–Crippen LogP) is 3.27. The Labute approximate surface area is 133 Å². The molecule has 1 aromatic rings. The largest absolute Gasteiger partial charge is 0.435 e. The zero-order valence-corrected chi connectivity index (χ0v) is 13.2. The highest BCUT2D eigenvalue weighted by Crippen LogP contribution is 2.42. The Morgan fingerprint density at radius 3 is 2.52 bits per heavy atom. The number of amides is 2. The number of urea groups is 1. The molecular weight excluding hydrogens is 309 g/mol. The van der Waals surface area contributed by atoms with Crippen LogP contribution in [0.5, 0.6) is 0 Å². The molecule has 1 aliphatic rings. The van der Waals surface area contributed by atoms with Crippen molar-refractivity contribution in [1.29, 1.82) is 0 Å². The fourth-order valence-electron chi connectivity index (χ4n) is 2.33. The molecule has 0 atom stereocenters. The molecule has 5 nitrogen and oxygen atoms in total. The highest BCUT2D eigenvalue weighted by molar-refractivity contribution is 5.73. The van der Waals surface area contributed by atoms with Crippen molar-refractivity contribution in [2.75, 3.05) is 13.1 Å². The number of unbranched alkanes of at least 4 members (excludes halogenated alkanes) is 1. The van der Waals surface area contributed by atoms with Gasteiger partial charge in [-0.3, -0.25) is 4.68 Å². The Kier molecular flexibility index (Phi) is 5.90. The smallest absolute Gasteiger partial charge is 0.338 e. The number of nitrogens with one attached hydrogen (secondary N) is 2. The first kappa shape index (κ1) is 17.6. The van der Waals surface area contributed by atoms with E-state index in [-0.39, 0.29) is 11.9 Å². The van der Waals surface area contributed by atoms with Gasteiger partial charge in [-0.05, 0) is 31.7 Å². The van der Waals surface area contributed by atoms with Gasteiger partial charge in [0.1, 0.15) is 0 Å². The molecule has 130 valence electrons. The summed E-state index contributed by atoms with van der Waals surface area (Å²) in [5.74, 6) is 0.198. The van der Waals surface area contributed by atoms with Gasteiger partial charge in [0.15, 0.2) is 5.69 Å². The van der Waals surface area contributed by atoms with Crippen LogP contribution in [0, 0.1) is 0 Å². The SMILES string of the molecule is CCCCNC(=O)NCCCn1nc(C(F)(F)F)cc1C1CC1. The summed E-state index contributed by atoms with van der Waals surface area (Å²) in [6.07, 6.45) is -0.106. The topological polar surface area (TPSA) is 59.0 Å². The van der Waals surface area contributed by atoms with Crippen LogP contribution in [0.2, 0.25) is 0 Å². The second-order valence-electron chi connectivity index (χ2n) is 5.84. The molecule has 0 aromatic carbocycles. The van der Waals surface area contributed by atoms with Crippen molar-refractivity contribution in [3.05, 3.63) is 17.5 Å². The molecule has 0 unspecified atom stereocenters. The molecule has 23 heavy (non-hydrogen) atoms. The molecule has 1 aliphatic carbocycles. The van der Waals surface area contributed by atoms with Crippen molar-refractivity contribution >= 4 is 6.03 Å². The van der Waals surface area contributed by atoms with E-state index in [1.807, 2.05) is 6.92 Å². The molecule has 0 aliphatic heterocycles. The molecule has 2 amide bonds. The summed E-state index contributed by atoms with van der Waals surface area (Å²) in [5, 5.41) is 9.11. The van der Waals surface area contributed by atoms with Crippen molar-refractivity contribution < 1.29 is 18.0 Å². The van der Waals surface area contributed by atoms with Gasteiger partial charge < -0.3 is 10.6 Å².